The fraction of sp³-hybridized carbons (Fsp3) is 0.467. The second-order valence-electron chi connectivity index (χ2n) is 5.03. The molecule has 5 heteroatoms. The van der Waals surface area contributed by atoms with E-state index in [1.165, 1.54) is 18.7 Å². The average molecular weight is 276 g/mol. The lowest BCUT2D eigenvalue weighted by molar-refractivity contribution is 0.357. The van der Waals surface area contributed by atoms with Gasteiger partial charge in [-0.1, -0.05) is 12.2 Å². The molecule has 1 aromatic heterocycles. The highest BCUT2D eigenvalue weighted by molar-refractivity contribution is 5.84. The summed E-state index contributed by atoms with van der Waals surface area (Å²) in [7, 11) is 2.98. The normalized spacial score (nSPS) is 15.1. The number of hydrogen-bond donors (Lipinski definition) is 0. The van der Waals surface area contributed by atoms with Gasteiger partial charge in [0.15, 0.2) is 0 Å². The number of rotatable bonds is 3. The van der Waals surface area contributed by atoms with Crippen LogP contribution in [0, 0.1) is 0 Å². The third kappa shape index (κ3) is 1.94. The molecule has 20 heavy (non-hydrogen) atoms. The monoisotopic (exact) mass is 276 g/mol. The fourth-order valence-electron chi connectivity index (χ4n) is 2.73. The molecule has 2 rings (SSSR count). The van der Waals surface area contributed by atoms with Crippen molar-refractivity contribution in [3.63, 3.8) is 0 Å². The van der Waals surface area contributed by atoms with E-state index in [2.05, 4.69) is 6.58 Å². The first-order valence-corrected chi connectivity index (χ1v) is 6.70. The maximum atomic E-state index is 12.5. The van der Waals surface area contributed by atoms with Crippen LogP contribution in [-0.2, 0) is 13.6 Å². The van der Waals surface area contributed by atoms with E-state index in [0.29, 0.717) is 18.0 Å². The van der Waals surface area contributed by atoms with Crippen molar-refractivity contribution in [1.29, 1.82) is 0 Å². The second kappa shape index (κ2) is 5.15. The Labute approximate surface area is 117 Å². The summed E-state index contributed by atoms with van der Waals surface area (Å²) in [5.74, 6) is 0.331. The standard InChI is InChI=1S/C15H20N2O3/c1-6-17-14(20-5)12(13(18)16(4)15(17)19)11-9(2)7-8-10(11)3/h2,6-8H2,1,3-5H3. The van der Waals surface area contributed by atoms with Gasteiger partial charge in [0.25, 0.3) is 5.56 Å². The van der Waals surface area contributed by atoms with Crippen molar-refractivity contribution in [3.05, 3.63) is 44.1 Å². The Morgan fingerprint density at radius 3 is 2.40 bits per heavy atom. The lowest BCUT2D eigenvalue weighted by atomic mass is 10.0. The molecule has 0 saturated heterocycles. The van der Waals surface area contributed by atoms with Crippen LogP contribution in [0.15, 0.2) is 27.3 Å². The SMILES string of the molecule is C=C1CCC(C)=C1c1c(OC)n(CC)c(=O)n(C)c1=O. The molecule has 108 valence electrons. The van der Waals surface area contributed by atoms with Crippen molar-refractivity contribution >= 4 is 5.57 Å². The first-order chi connectivity index (χ1) is 9.43. The van der Waals surface area contributed by atoms with Crippen LogP contribution in [0.4, 0.5) is 0 Å². The largest absolute Gasteiger partial charge is 0.481 e. The number of ether oxygens (including phenoxy) is 1. The van der Waals surface area contributed by atoms with Crippen LogP contribution in [0.3, 0.4) is 0 Å². The highest BCUT2D eigenvalue weighted by Gasteiger charge is 2.26. The van der Waals surface area contributed by atoms with Crippen molar-refractivity contribution in [2.45, 2.75) is 33.2 Å². The Morgan fingerprint density at radius 1 is 1.30 bits per heavy atom. The Kier molecular flexibility index (Phi) is 3.70. The maximum absolute atomic E-state index is 12.5. The molecule has 1 heterocycles. The molecule has 1 aliphatic carbocycles. The molecule has 0 aliphatic heterocycles. The molecule has 0 radical (unpaired) electrons. The number of allylic oxidation sites excluding steroid dienone is 3. The highest BCUT2D eigenvalue weighted by Crippen LogP contribution is 2.38. The van der Waals surface area contributed by atoms with E-state index >= 15 is 0 Å². The molecule has 0 fully saturated rings. The topological polar surface area (TPSA) is 53.2 Å². The van der Waals surface area contributed by atoms with Gasteiger partial charge in [-0.25, -0.2) is 4.79 Å². The summed E-state index contributed by atoms with van der Waals surface area (Å²) in [5.41, 5.74) is 2.67. The molecule has 0 aromatic carbocycles. The van der Waals surface area contributed by atoms with Crippen LogP contribution >= 0.6 is 0 Å². The fourth-order valence-corrected chi connectivity index (χ4v) is 2.73. The van der Waals surface area contributed by atoms with Crippen LogP contribution in [-0.4, -0.2) is 16.2 Å². The second-order valence-corrected chi connectivity index (χ2v) is 5.03. The summed E-state index contributed by atoms with van der Waals surface area (Å²) in [6.07, 6.45) is 1.74. The zero-order chi connectivity index (χ0) is 15.0. The number of hydrogen-bond acceptors (Lipinski definition) is 3. The first kappa shape index (κ1) is 14.4. The van der Waals surface area contributed by atoms with Gasteiger partial charge in [-0.3, -0.25) is 13.9 Å². The zero-order valence-electron chi connectivity index (χ0n) is 12.4. The summed E-state index contributed by atoms with van der Waals surface area (Å²) in [4.78, 5) is 24.6. The average Bonchev–Trinajstić information content (AvgIpc) is 2.76. The summed E-state index contributed by atoms with van der Waals surface area (Å²) < 4.78 is 7.97. The minimum atomic E-state index is -0.361. The van der Waals surface area contributed by atoms with E-state index in [-0.39, 0.29) is 11.2 Å². The third-order valence-corrected chi connectivity index (χ3v) is 3.84. The van der Waals surface area contributed by atoms with Crippen molar-refractivity contribution in [1.82, 2.24) is 9.13 Å². The van der Waals surface area contributed by atoms with E-state index < -0.39 is 0 Å². The lowest BCUT2D eigenvalue weighted by Gasteiger charge is -2.17. The molecular weight excluding hydrogens is 256 g/mol. The molecule has 0 bridgehead atoms. The predicted octanol–water partition coefficient (Wildman–Crippen LogP) is 1.70. The van der Waals surface area contributed by atoms with Crippen molar-refractivity contribution < 1.29 is 4.74 Å². The van der Waals surface area contributed by atoms with Gasteiger partial charge in [-0.15, -0.1) is 0 Å². The maximum Gasteiger partial charge on any atom is 0.333 e. The quantitative estimate of drug-likeness (QED) is 0.844. The van der Waals surface area contributed by atoms with E-state index in [0.717, 1.165) is 34.1 Å². The molecule has 5 nitrogen and oxygen atoms in total. The Balaban J connectivity index is 2.93. The molecule has 1 aliphatic rings. The molecule has 0 saturated carbocycles. The van der Waals surface area contributed by atoms with Gasteiger partial charge >= 0.3 is 5.69 Å². The summed E-state index contributed by atoms with van der Waals surface area (Å²) in [6.45, 7) is 8.33. The van der Waals surface area contributed by atoms with Gasteiger partial charge in [-0.05, 0) is 37.8 Å². The zero-order valence-corrected chi connectivity index (χ0v) is 12.4. The van der Waals surface area contributed by atoms with Gasteiger partial charge < -0.3 is 4.74 Å². The van der Waals surface area contributed by atoms with Gasteiger partial charge in [-0.2, -0.15) is 0 Å². The summed E-state index contributed by atoms with van der Waals surface area (Å²) in [6, 6.07) is 0. The van der Waals surface area contributed by atoms with Crippen LogP contribution < -0.4 is 16.0 Å². The van der Waals surface area contributed by atoms with Crippen molar-refractivity contribution in [3.8, 4) is 5.88 Å². The smallest absolute Gasteiger partial charge is 0.333 e. The minimum Gasteiger partial charge on any atom is -0.481 e. The van der Waals surface area contributed by atoms with Crippen LogP contribution in [0.1, 0.15) is 32.3 Å². The highest BCUT2D eigenvalue weighted by atomic mass is 16.5. The van der Waals surface area contributed by atoms with Crippen LogP contribution in [0.2, 0.25) is 0 Å². The molecule has 1 aromatic rings. The Bertz CT molecular complexity index is 720. The van der Waals surface area contributed by atoms with Crippen LogP contribution in [0.25, 0.3) is 5.57 Å². The van der Waals surface area contributed by atoms with E-state index in [1.807, 2.05) is 13.8 Å². The molecule has 0 N–H and O–H groups in total. The van der Waals surface area contributed by atoms with Gasteiger partial charge in [0.1, 0.15) is 5.56 Å². The molecule has 0 spiro atoms. The molecule has 0 unspecified atom stereocenters. The molecular formula is C15H20N2O3. The Morgan fingerprint density at radius 2 is 1.95 bits per heavy atom. The number of nitrogens with zero attached hydrogens (tertiary/aromatic N) is 2. The van der Waals surface area contributed by atoms with Crippen molar-refractivity contribution in [2.75, 3.05) is 7.11 Å². The minimum absolute atomic E-state index is 0.325. The predicted molar refractivity (Wildman–Crippen MR) is 79.1 cm³/mol. The van der Waals surface area contributed by atoms with Gasteiger partial charge in [0.2, 0.25) is 5.88 Å². The first-order valence-electron chi connectivity index (χ1n) is 6.70. The summed E-state index contributed by atoms with van der Waals surface area (Å²) >= 11 is 0. The van der Waals surface area contributed by atoms with E-state index in [1.54, 1.807) is 0 Å². The van der Waals surface area contributed by atoms with Crippen molar-refractivity contribution in [2.24, 2.45) is 7.05 Å². The van der Waals surface area contributed by atoms with Gasteiger partial charge in [0, 0.05) is 13.6 Å². The Hall–Kier alpha value is -2.04. The van der Waals surface area contributed by atoms with E-state index in [9.17, 15) is 9.59 Å². The van der Waals surface area contributed by atoms with Gasteiger partial charge in [0.05, 0.1) is 7.11 Å². The number of methoxy groups -OCH3 is 1. The number of aromatic nitrogens is 2. The van der Waals surface area contributed by atoms with Crippen LogP contribution in [0.5, 0.6) is 5.88 Å². The van der Waals surface area contributed by atoms with E-state index in [4.69, 9.17) is 4.74 Å². The summed E-state index contributed by atoms with van der Waals surface area (Å²) in [5, 5.41) is 0. The molecule has 0 atom stereocenters. The third-order valence-electron chi connectivity index (χ3n) is 3.84. The molecule has 0 amide bonds. The lowest BCUT2D eigenvalue weighted by Crippen LogP contribution is -2.40.